The number of hydrogen-bond donors (Lipinski definition) is 0. The fourth-order valence-corrected chi connectivity index (χ4v) is 6.96. The Labute approximate surface area is 162 Å². The number of hydrogen-bond acceptors (Lipinski definition) is 5. The van der Waals surface area contributed by atoms with E-state index in [1.807, 2.05) is 16.6 Å². The number of fused-ring (bicyclic) bond motifs is 1. The van der Waals surface area contributed by atoms with Crippen LogP contribution in [0.15, 0.2) is 24.3 Å². The Bertz CT molecular complexity index is 954. The van der Waals surface area contributed by atoms with Crippen molar-refractivity contribution in [2.45, 2.75) is 57.5 Å². The van der Waals surface area contributed by atoms with E-state index in [9.17, 15) is 0 Å². The maximum Gasteiger partial charge on any atom is 0.234 e. The molecule has 27 heavy (non-hydrogen) atoms. The lowest BCUT2D eigenvalue weighted by Crippen LogP contribution is -2.49. The largest absolute Gasteiger partial charge is 0.486 e. The molecule has 4 saturated carbocycles. The average molecular weight is 381 g/mol. The predicted molar refractivity (Wildman–Crippen MR) is 104 cm³/mol. The summed E-state index contributed by atoms with van der Waals surface area (Å²) in [6.45, 7) is 2.57. The van der Waals surface area contributed by atoms with Crippen LogP contribution in [-0.2, 0) is 12.0 Å². The van der Waals surface area contributed by atoms with Gasteiger partial charge in [0.05, 0.1) is 0 Å². The van der Waals surface area contributed by atoms with Crippen LogP contribution in [0.1, 0.15) is 54.9 Å². The summed E-state index contributed by atoms with van der Waals surface area (Å²) < 4.78 is 7.95. The van der Waals surface area contributed by atoms with Crippen molar-refractivity contribution in [1.82, 2.24) is 19.8 Å². The van der Waals surface area contributed by atoms with Crippen LogP contribution in [0.5, 0.6) is 5.75 Å². The molecule has 0 N–H and O–H groups in total. The Morgan fingerprint density at radius 1 is 1.04 bits per heavy atom. The summed E-state index contributed by atoms with van der Waals surface area (Å²) in [6.07, 6.45) is 8.17. The van der Waals surface area contributed by atoms with E-state index in [0.717, 1.165) is 39.3 Å². The van der Waals surface area contributed by atoms with Gasteiger partial charge in [-0.1, -0.05) is 29.0 Å². The standard InChI is InChI=1S/C21H24N4OS/c1-13-2-4-17(5-3-13)26-12-18-24-25-19(22-23-20(25)27-18)21-9-14-6-15(10-21)8-16(7-14)11-21/h2-5,14-16H,6-12H2,1H3. The van der Waals surface area contributed by atoms with Crippen LogP contribution in [-0.4, -0.2) is 19.8 Å². The normalized spacial score (nSPS) is 31.7. The van der Waals surface area contributed by atoms with Crippen LogP contribution >= 0.6 is 11.3 Å². The molecule has 4 aliphatic rings. The van der Waals surface area contributed by atoms with Crippen LogP contribution in [0.3, 0.4) is 0 Å². The Balaban J connectivity index is 1.28. The lowest BCUT2D eigenvalue weighted by atomic mass is 9.49. The quantitative estimate of drug-likeness (QED) is 0.667. The fraction of sp³-hybridized carbons (Fsp3) is 0.571. The van der Waals surface area contributed by atoms with Crippen LogP contribution in [0.2, 0.25) is 0 Å². The third kappa shape index (κ3) is 2.60. The van der Waals surface area contributed by atoms with Crippen LogP contribution in [0.4, 0.5) is 0 Å². The van der Waals surface area contributed by atoms with E-state index in [1.165, 1.54) is 44.1 Å². The third-order valence-electron chi connectivity index (χ3n) is 6.93. The van der Waals surface area contributed by atoms with Crippen molar-refractivity contribution in [3.05, 3.63) is 40.7 Å². The van der Waals surface area contributed by atoms with E-state index in [1.54, 1.807) is 11.3 Å². The van der Waals surface area contributed by atoms with Crippen molar-refractivity contribution >= 4 is 16.3 Å². The van der Waals surface area contributed by atoms with Gasteiger partial charge in [0.25, 0.3) is 0 Å². The highest BCUT2D eigenvalue weighted by Crippen LogP contribution is 2.60. The second-order valence-corrected chi connectivity index (χ2v) is 10.1. The summed E-state index contributed by atoms with van der Waals surface area (Å²) in [5, 5.41) is 14.9. The topological polar surface area (TPSA) is 52.3 Å². The zero-order valence-corrected chi connectivity index (χ0v) is 16.4. The highest BCUT2D eigenvalue weighted by Gasteiger charge is 2.54. The van der Waals surface area contributed by atoms with Gasteiger partial charge >= 0.3 is 0 Å². The second kappa shape index (κ2) is 5.77. The fourth-order valence-electron chi connectivity index (χ4n) is 6.21. The zero-order chi connectivity index (χ0) is 18.0. The Morgan fingerprint density at radius 2 is 1.70 bits per heavy atom. The molecule has 0 amide bonds. The number of benzene rings is 1. The predicted octanol–water partition coefficient (Wildman–Crippen LogP) is 4.54. The van der Waals surface area contributed by atoms with Gasteiger partial charge in [0.15, 0.2) is 10.8 Å². The van der Waals surface area contributed by atoms with Gasteiger partial charge in [-0.05, 0) is 75.3 Å². The third-order valence-corrected chi connectivity index (χ3v) is 7.80. The molecule has 0 spiro atoms. The first-order chi connectivity index (χ1) is 13.2. The van der Waals surface area contributed by atoms with Gasteiger partial charge in [-0.3, -0.25) is 0 Å². The SMILES string of the molecule is Cc1ccc(OCc2nn3c(C45CC6CC(CC(C6)C4)C5)nnc3s2)cc1. The van der Waals surface area contributed by atoms with Crippen LogP contribution < -0.4 is 4.74 Å². The van der Waals surface area contributed by atoms with Crippen molar-refractivity contribution < 1.29 is 4.74 Å². The maximum atomic E-state index is 5.92. The van der Waals surface area contributed by atoms with Gasteiger partial charge in [-0.25, -0.2) is 0 Å². The Hall–Kier alpha value is -1.95. The summed E-state index contributed by atoms with van der Waals surface area (Å²) in [7, 11) is 0. The number of rotatable bonds is 4. The van der Waals surface area contributed by atoms with E-state index < -0.39 is 0 Å². The molecule has 6 heteroatoms. The minimum absolute atomic E-state index is 0.220. The molecule has 3 aromatic rings. The number of ether oxygens (including phenoxy) is 1. The minimum Gasteiger partial charge on any atom is -0.486 e. The van der Waals surface area contributed by atoms with Crippen molar-refractivity contribution in [2.24, 2.45) is 17.8 Å². The molecule has 7 rings (SSSR count). The number of aromatic nitrogens is 4. The highest BCUT2D eigenvalue weighted by atomic mass is 32.1. The molecule has 0 saturated heterocycles. The molecule has 0 aliphatic heterocycles. The van der Waals surface area contributed by atoms with Crippen molar-refractivity contribution in [3.8, 4) is 5.75 Å². The van der Waals surface area contributed by atoms with Crippen LogP contribution in [0, 0.1) is 24.7 Å². The van der Waals surface area contributed by atoms with E-state index in [2.05, 4.69) is 29.3 Å². The first kappa shape index (κ1) is 16.0. The minimum atomic E-state index is 0.220. The van der Waals surface area contributed by atoms with Gasteiger partial charge < -0.3 is 4.74 Å². The molecule has 0 radical (unpaired) electrons. The molecule has 2 heterocycles. The molecule has 4 bridgehead atoms. The first-order valence-corrected chi connectivity index (χ1v) is 10.9. The summed E-state index contributed by atoms with van der Waals surface area (Å²) >= 11 is 1.60. The van der Waals surface area contributed by atoms with Crippen molar-refractivity contribution in [3.63, 3.8) is 0 Å². The van der Waals surface area contributed by atoms with Gasteiger partial charge in [0, 0.05) is 5.41 Å². The van der Waals surface area contributed by atoms with E-state index >= 15 is 0 Å². The van der Waals surface area contributed by atoms with Gasteiger partial charge in [-0.2, -0.15) is 9.61 Å². The molecule has 2 aromatic heterocycles. The van der Waals surface area contributed by atoms with Gasteiger partial charge in [0.2, 0.25) is 4.96 Å². The maximum absolute atomic E-state index is 5.92. The Kier molecular flexibility index (Phi) is 3.43. The first-order valence-electron chi connectivity index (χ1n) is 10.1. The molecule has 4 aliphatic carbocycles. The zero-order valence-electron chi connectivity index (χ0n) is 15.6. The molecule has 0 unspecified atom stereocenters. The van der Waals surface area contributed by atoms with Crippen LogP contribution in [0.25, 0.3) is 4.96 Å². The highest BCUT2D eigenvalue weighted by molar-refractivity contribution is 7.16. The molecule has 5 nitrogen and oxygen atoms in total. The lowest BCUT2D eigenvalue weighted by molar-refractivity contribution is -0.0103. The summed E-state index contributed by atoms with van der Waals surface area (Å²) in [4.78, 5) is 0.906. The summed E-state index contributed by atoms with van der Waals surface area (Å²) in [6, 6.07) is 8.16. The molecule has 4 fully saturated rings. The number of nitrogens with zero attached hydrogens (tertiary/aromatic N) is 4. The van der Waals surface area contributed by atoms with Gasteiger partial charge in [-0.15, -0.1) is 10.2 Å². The molecule has 140 valence electrons. The van der Waals surface area contributed by atoms with E-state index in [4.69, 9.17) is 9.84 Å². The smallest absolute Gasteiger partial charge is 0.234 e. The van der Waals surface area contributed by atoms with Crippen molar-refractivity contribution in [2.75, 3.05) is 0 Å². The van der Waals surface area contributed by atoms with E-state index in [-0.39, 0.29) is 5.41 Å². The van der Waals surface area contributed by atoms with Crippen molar-refractivity contribution in [1.29, 1.82) is 0 Å². The van der Waals surface area contributed by atoms with E-state index in [0.29, 0.717) is 6.61 Å². The molecular weight excluding hydrogens is 356 g/mol. The summed E-state index contributed by atoms with van der Waals surface area (Å²) in [5.41, 5.74) is 1.46. The van der Waals surface area contributed by atoms with Gasteiger partial charge in [0.1, 0.15) is 12.4 Å². The monoisotopic (exact) mass is 380 g/mol. The molecule has 0 atom stereocenters. The Morgan fingerprint density at radius 3 is 2.37 bits per heavy atom. The summed E-state index contributed by atoms with van der Waals surface area (Å²) in [5.74, 6) is 4.69. The average Bonchev–Trinajstić information content (AvgIpc) is 3.20. The second-order valence-electron chi connectivity index (χ2n) is 9.01. The molecular formula is C21H24N4OS. The number of aryl methyl sites for hydroxylation is 1. The molecule has 1 aromatic carbocycles. The lowest BCUT2D eigenvalue weighted by Gasteiger charge is -2.55.